The summed E-state index contributed by atoms with van der Waals surface area (Å²) in [6.45, 7) is 1.12. The summed E-state index contributed by atoms with van der Waals surface area (Å²) in [5, 5.41) is 6.43. The summed E-state index contributed by atoms with van der Waals surface area (Å²) in [5.74, 6) is 1.40. The van der Waals surface area contributed by atoms with Crippen LogP contribution in [0.1, 0.15) is 16.8 Å². The van der Waals surface area contributed by atoms with Gasteiger partial charge in [-0.2, -0.15) is 0 Å². The lowest BCUT2D eigenvalue weighted by molar-refractivity contribution is 0.0620. The van der Waals surface area contributed by atoms with Crippen molar-refractivity contribution in [3.05, 3.63) is 42.5 Å². The molecule has 3 rings (SSSR count). The van der Waals surface area contributed by atoms with Crippen molar-refractivity contribution in [3.8, 4) is 0 Å². The van der Waals surface area contributed by atoms with Crippen molar-refractivity contribution in [2.45, 2.75) is 18.5 Å². The number of hydrogen-bond donors (Lipinski definition) is 2. The number of aromatic nitrogens is 3. The summed E-state index contributed by atoms with van der Waals surface area (Å²) >= 11 is 0. The van der Waals surface area contributed by atoms with Gasteiger partial charge in [-0.15, -0.1) is 0 Å². The minimum absolute atomic E-state index is 0.0489. The van der Waals surface area contributed by atoms with Gasteiger partial charge in [-0.3, -0.25) is 9.78 Å². The van der Waals surface area contributed by atoms with Gasteiger partial charge in [-0.1, -0.05) is 0 Å². The Balaban J connectivity index is 1.69. The maximum absolute atomic E-state index is 12.4. The lowest BCUT2D eigenvalue weighted by Crippen LogP contribution is -2.52. The molecule has 2 atom stereocenters. The van der Waals surface area contributed by atoms with Gasteiger partial charge in [0.25, 0.3) is 5.91 Å². The third kappa shape index (κ3) is 4.42. The Morgan fingerprint density at radius 3 is 2.80 bits per heavy atom. The number of anilines is 2. The third-order valence-corrected chi connectivity index (χ3v) is 4.06. The van der Waals surface area contributed by atoms with Crippen LogP contribution in [-0.4, -0.2) is 60.3 Å². The molecule has 3 heterocycles. The van der Waals surface area contributed by atoms with Crippen LogP contribution in [-0.2, 0) is 4.74 Å². The van der Waals surface area contributed by atoms with Gasteiger partial charge in [0.1, 0.15) is 18.0 Å². The molecule has 0 bridgehead atoms. The standard InChI is InChI=1S/C17H22N6O2/c1-23(2)16-9-15(19-11-20-16)21-14-10-25-8-5-13(14)22-17(24)12-3-6-18-7-4-12/h3-4,6-7,9,11,13-14H,5,8,10H2,1-2H3,(H,22,24)(H,19,20,21)/t13-,14+/m0/s1. The SMILES string of the molecule is CN(C)c1cc(N[C@@H]2COCC[C@@H]2NC(=O)c2ccncc2)ncn1. The molecule has 1 aliphatic rings. The van der Waals surface area contributed by atoms with E-state index in [9.17, 15) is 4.79 Å². The van der Waals surface area contributed by atoms with Crippen LogP contribution in [0.15, 0.2) is 36.9 Å². The fraction of sp³-hybridized carbons (Fsp3) is 0.412. The molecule has 1 amide bonds. The third-order valence-electron chi connectivity index (χ3n) is 4.06. The number of hydrogen-bond acceptors (Lipinski definition) is 7. The van der Waals surface area contributed by atoms with Crippen molar-refractivity contribution in [3.63, 3.8) is 0 Å². The van der Waals surface area contributed by atoms with Crippen molar-refractivity contribution in [2.75, 3.05) is 37.5 Å². The molecule has 0 aromatic carbocycles. The van der Waals surface area contributed by atoms with Gasteiger partial charge < -0.3 is 20.3 Å². The molecular formula is C17H22N6O2. The second kappa shape index (κ2) is 7.89. The van der Waals surface area contributed by atoms with Gasteiger partial charge in [0.2, 0.25) is 0 Å². The average molecular weight is 342 g/mol. The van der Waals surface area contributed by atoms with Crippen molar-refractivity contribution < 1.29 is 9.53 Å². The van der Waals surface area contributed by atoms with Crippen molar-refractivity contribution >= 4 is 17.5 Å². The first kappa shape index (κ1) is 17.1. The summed E-state index contributed by atoms with van der Waals surface area (Å²) in [6.07, 6.45) is 5.47. The highest BCUT2D eigenvalue weighted by molar-refractivity contribution is 5.94. The summed E-state index contributed by atoms with van der Waals surface area (Å²) in [5.41, 5.74) is 0.595. The Kier molecular flexibility index (Phi) is 5.39. The van der Waals surface area contributed by atoms with Gasteiger partial charge in [0.05, 0.1) is 18.7 Å². The van der Waals surface area contributed by atoms with E-state index in [4.69, 9.17) is 4.74 Å². The van der Waals surface area contributed by atoms with Gasteiger partial charge >= 0.3 is 0 Å². The van der Waals surface area contributed by atoms with Crippen LogP contribution >= 0.6 is 0 Å². The second-order valence-electron chi connectivity index (χ2n) is 6.09. The van der Waals surface area contributed by atoms with Crippen molar-refractivity contribution in [1.82, 2.24) is 20.3 Å². The number of nitrogens with zero attached hydrogens (tertiary/aromatic N) is 4. The van der Waals surface area contributed by atoms with Gasteiger partial charge in [-0.05, 0) is 18.6 Å². The Morgan fingerprint density at radius 2 is 2.04 bits per heavy atom. The summed E-state index contributed by atoms with van der Waals surface area (Å²) in [7, 11) is 3.85. The molecule has 25 heavy (non-hydrogen) atoms. The molecule has 8 nitrogen and oxygen atoms in total. The first-order valence-corrected chi connectivity index (χ1v) is 8.18. The quantitative estimate of drug-likeness (QED) is 0.835. The van der Waals surface area contributed by atoms with E-state index in [-0.39, 0.29) is 18.0 Å². The highest BCUT2D eigenvalue weighted by Crippen LogP contribution is 2.17. The molecule has 0 aliphatic carbocycles. The maximum atomic E-state index is 12.4. The molecule has 0 spiro atoms. The first-order valence-electron chi connectivity index (χ1n) is 8.18. The molecule has 1 saturated heterocycles. The predicted octanol–water partition coefficient (Wildman–Crippen LogP) is 0.937. The van der Waals surface area contributed by atoms with Crippen LogP contribution in [0.25, 0.3) is 0 Å². The van der Waals surface area contributed by atoms with Crippen LogP contribution in [0, 0.1) is 0 Å². The van der Waals surface area contributed by atoms with E-state index >= 15 is 0 Å². The number of nitrogens with one attached hydrogen (secondary N) is 2. The zero-order chi connectivity index (χ0) is 17.6. The fourth-order valence-electron chi connectivity index (χ4n) is 2.67. The predicted molar refractivity (Wildman–Crippen MR) is 94.7 cm³/mol. The number of pyridine rings is 1. The molecule has 2 N–H and O–H groups in total. The minimum atomic E-state index is -0.113. The summed E-state index contributed by atoms with van der Waals surface area (Å²) in [4.78, 5) is 26.7. The topological polar surface area (TPSA) is 92.3 Å². The van der Waals surface area contributed by atoms with E-state index < -0.39 is 0 Å². The van der Waals surface area contributed by atoms with Crippen LogP contribution in [0.5, 0.6) is 0 Å². The van der Waals surface area contributed by atoms with Crippen LogP contribution < -0.4 is 15.5 Å². The monoisotopic (exact) mass is 342 g/mol. The maximum Gasteiger partial charge on any atom is 0.251 e. The molecule has 0 radical (unpaired) electrons. The number of ether oxygens (including phenoxy) is 1. The molecule has 0 unspecified atom stereocenters. The highest BCUT2D eigenvalue weighted by atomic mass is 16.5. The van der Waals surface area contributed by atoms with Crippen LogP contribution in [0.3, 0.4) is 0 Å². The van der Waals surface area contributed by atoms with Gasteiger partial charge in [0.15, 0.2) is 0 Å². The van der Waals surface area contributed by atoms with E-state index in [0.29, 0.717) is 24.6 Å². The normalized spacial score (nSPS) is 19.9. The summed E-state index contributed by atoms with van der Waals surface area (Å²) in [6, 6.07) is 5.16. The van der Waals surface area contributed by atoms with E-state index in [1.807, 2.05) is 25.1 Å². The largest absolute Gasteiger partial charge is 0.379 e. The Labute approximate surface area is 146 Å². The minimum Gasteiger partial charge on any atom is -0.379 e. The molecule has 8 heteroatoms. The molecule has 132 valence electrons. The molecule has 1 fully saturated rings. The lowest BCUT2D eigenvalue weighted by atomic mass is 10.0. The molecule has 2 aromatic heterocycles. The van der Waals surface area contributed by atoms with Crippen LogP contribution in [0.4, 0.5) is 11.6 Å². The zero-order valence-electron chi connectivity index (χ0n) is 14.3. The molecule has 1 aliphatic heterocycles. The van der Waals surface area contributed by atoms with Gasteiger partial charge in [-0.25, -0.2) is 9.97 Å². The number of rotatable bonds is 5. The Morgan fingerprint density at radius 1 is 1.24 bits per heavy atom. The zero-order valence-corrected chi connectivity index (χ0v) is 14.3. The summed E-state index contributed by atoms with van der Waals surface area (Å²) < 4.78 is 5.57. The average Bonchev–Trinajstić information content (AvgIpc) is 2.64. The van der Waals surface area contributed by atoms with E-state index in [1.54, 1.807) is 24.5 Å². The van der Waals surface area contributed by atoms with Crippen LogP contribution in [0.2, 0.25) is 0 Å². The first-order chi connectivity index (χ1) is 12.1. The Bertz CT molecular complexity index is 709. The number of amides is 1. The van der Waals surface area contributed by atoms with E-state index in [1.165, 1.54) is 6.33 Å². The number of carbonyl (C=O) groups is 1. The molecule has 2 aromatic rings. The second-order valence-corrected chi connectivity index (χ2v) is 6.09. The molecule has 0 saturated carbocycles. The van der Waals surface area contributed by atoms with Crippen molar-refractivity contribution in [2.24, 2.45) is 0 Å². The smallest absolute Gasteiger partial charge is 0.251 e. The highest BCUT2D eigenvalue weighted by Gasteiger charge is 2.28. The van der Waals surface area contributed by atoms with E-state index in [2.05, 4.69) is 25.6 Å². The van der Waals surface area contributed by atoms with E-state index in [0.717, 1.165) is 12.2 Å². The lowest BCUT2D eigenvalue weighted by Gasteiger charge is -2.33. The van der Waals surface area contributed by atoms with Gasteiger partial charge in [0, 0.05) is 44.7 Å². The number of carbonyl (C=O) groups excluding carboxylic acids is 1. The molecular weight excluding hydrogens is 320 g/mol. The van der Waals surface area contributed by atoms with Crippen molar-refractivity contribution in [1.29, 1.82) is 0 Å². The fourth-order valence-corrected chi connectivity index (χ4v) is 2.67. The Hall–Kier alpha value is -2.74.